The monoisotopic (exact) mass is 850 g/mol. The average Bonchev–Trinajstić information content (AvgIpc) is 3.44. The Morgan fingerprint density at radius 2 is 1.54 bits per heavy atom. The Kier molecular flexibility index (Phi) is 19.5. The van der Waals surface area contributed by atoms with E-state index in [1.165, 1.54) is 28.1 Å². The summed E-state index contributed by atoms with van der Waals surface area (Å²) < 4.78 is 55.3. The van der Waals surface area contributed by atoms with Crippen molar-refractivity contribution in [3.63, 3.8) is 0 Å². The lowest BCUT2D eigenvalue weighted by molar-refractivity contribution is -0.277. The van der Waals surface area contributed by atoms with Crippen molar-refractivity contribution < 1.29 is 75.8 Å². The maximum atomic E-state index is 12.4. The quantitative estimate of drug-likeness (QED) is 0.0564. The first kappa shape index (κ1) is 47.0. The van der Waals surface area contributed by atoms with E-state index < -0.39 is 91.5 Å². The molecule has 0 spiro atoms. The third-order valence-corrected chi connectivity index (χ3v) is 10.6. The van der Waals surface area contributed by atoms with E-state index in [2.05, 4.69) is 10.6 Å². The Balaban J connectivity index is 1.60. The summed E-state index contributed by atoms with van der Waals surface area (Å²) in [6, 6.07) is 7.62. The van der Waals surface area contributed by atoms with E-state index in [0.29, 0.717) is 30.7 Å². The van der Waals surface area contributed by atoms with Crippen LogP contribution in [0.15, 0.2) is 30.3 Å². The normalized spacial score (nSPS) is 26.9. The van der Waals surface area contributed by atoms with Gasteiger partial charge in [0.15, 0.2) is 18.5 Å². The number of methoxy groups -OCH3 is 1. The molecule has 21 heteroatoms. The van der Waals surface area contributed by atoms with Gasteiger partial charge in [0, 0.05) is 54.4 Å². The van der Waals surface area contributed by atoms with Gasteiger partial charge >= 0.3 is 30.8 Å². The van der Waals surface area contributed by atoms with Crippen LogP contribution >= 0.6 is 18.9 Å². The summed E-state index contributed by atoms with van der Waals surface area (Å²) >= 11 is 10.8. The van der Waals surface area contributed by atoms with Crippen molar-refractivity contribution in [2.75, 3.05) is 34.0 Å². The Morgan fingerprint density at radius 1 is 0.857 bits per heavy atom. The van der Waals surface area contributed by atoms with Crippen molar-refractivity contribution in [3.05, 3.63) is 35.9 Å². The first-order valence-electron chi connectivity index (χ1n) is 17.8. The van der Waals surface area contributed by atoms with Crippen LogP contribution in [0.2, 0.25) is 0 Å². The molecule has 2 aliphatic rings. The minimum absolute atomic E-state index is 0.0289. The van der Waals surface area contributed by atoms with E-state index in [9.17, 15) is 28.9 Å². The SMILES string of the molecule is CO[C@H]1C(OP(O)(=S)OC)[C@@H](COC(=O)OCc2ccccc2)C[C@H]1NC(=S)CCCCO[C@@H]1O[C@H](COC(C)=O)[C@H](OC(C)=O)[C@H](OC(C)=O)[C@H]1NC(C)=O. The van der Waals surface area contributed by atoms with Crippen molar-refractivity contribution in [1.82, 2.24) is 10.6 Å². The number of thiocarbonyl (C=S) groups is 1. The predicted octanol–water partition coefficient (Wildman–Crippen LogP) is 2.75. The van der Waals surface area contributed by atoms with Crippen molar-refractivity contribution in [2.45, 2.75) is 109 Å². The number of nitrogens with one attached hydrogen (secondary N) is 2. The molecule has 0 aromatic heterocycles. The third kappa shape index (κ3) is 15.5. The number of hydrogen-bond donors (Lipinski definition) is 3. The van der Waals surface area contributed by atoms with E-state index in [1.54, 1.807) is 0 Å². The molecule has 2 fully saturated rings. The highest BCUT2D eigenvalue weighted by Crippen LogP contribution is 2.48. The fourth-order valence-corrected chi connectivity index (χ4v) is 7.55. The number of benzene rings is 1. The summed E-state index contributed by atoms with van der Waals surface area (Å²) in [7, 11) is 2.71. The van der Waals surface area contributed by atoms with Crippen LogP contribution in [-0.4, -0.2) is 123 Å². The Labute approximate surface area is 336 Å². The molecule has 1 aromatic carbocycles. The van der Waals surface area contributed by atoms with Crippen molar-refractivity contribution in [3.8, 4) is 0 Å². The zero-order valence-corrected chi connectivity index (χ0v) is 34.6. The second-order valence-electron chi connectivity index (χ2n) is 13.0. The largest absolute Gasteiger partial charge is 0.508 e. The van der Waals surface area contributed by atoms with Gasteiger partial charge in [-0.2, -0.15) is 0 Å². The van der Waals surface area contributed by atoms with Crippen LogP contribution in [-0.2, 0) is 84.5 Å². The number of unbranched alkanes of at least 4 members (excludes halogenated alkanes) is 1. The van der Waals surface area contributed by atoms with Crippen molar-refractivity contribution in [1.29, 1.82) is 0 Å². The number of ether oxygens (including phenoxy) is 8. The molecule has 3 rings (SSSR count). The van der Waals surface area contributed by atoms with Gasteiger partial charge in [0.2, 0.25) is 5.91 Å². The number of amides is 1. The van der Waals surface area contributed by atoms with E-state index in [4.69, 9.17) is 71.0 Å². The summed E-state index contributed by atoms with van der Waals surface area (Å²) in [4.78, 5) is 71.3. The highest BCUT2D eigenvalue weighted by atomic mass is 32.5. The molecule has 2 unspecified atom stereocenters. The molecule has 1 heterocycles. The van der Waals surface area contributed by atoms with Crippen molar-refractivity contribution >= 4 is 65.7 Å². The summed E-state index contributed by atoms with van der Waals surface area (Å²) in [5.41, 5.74) is 0.792. The molecular weight excluding hydrogens is 799 g/mol. The molecule has 314 valence electrons. The lowest BCUT2D eigenvalue weighted by Gasteiger charge is -2.44. The minimum Gasteiger partial charge on any atom is -0.463 e. The first-order chi connectivity index (χ1) is 26.5. The Morgan fingerprint density at radius 3 is 2.14 bits per heavy atom. The third-order valence-electron chi connectivity index (χ3n) is 8.61. The molecule has 1 aliphatic heterocycles. The molecule has 3 N–H and O–H groups in total. The van der Waals surface area contributed by atoms with E-state index in [1.807, 2.05) is 30.3 Å². The van der Waals surface area contributed by atoms with Gasteiger partial charge in [-0.3, -0.25) is 19.2 Å². The van der Waals surface area contributed by atoms with Crippen LogP contribution in [0.25, 0.3) is 0 Å². The molecular formula is C35H51N2O16PS2. The van der Waals surface area contributed by atoms with E-state index in [-0.39, 0.29) is 26.4 Å². The lowest BCUT2D eigenvalue weighted by atomic mass is 9.96. The van der Waals surface area contributed by atoms with Gasteiger partial charge in [0.1, 0.15) is 44.2 Å². The van der Waals surface area contributed by atoms with Gasteiger partial charge in [-0.1, -0.05) is 42.5 Å². The molecule has 1 amide bonds. The summed E-state index contributed by atoms with van der Waals surface area (Å²) in [6.45, 7) is 0.766. The second-order valence-corrected chi connectivity index (χ2v) is 16.4. The Bertz CT molecular complexity index is 1540. The fourth-order valence-electron chi connectivity index (χ4n) is 6.27. The molecule has 1 saturated heterocycles. The topological polar surface area (TPSA) is 222 Å². The smallest absolute Gasteiger partial charge is 0.463 e. The van der Waals surface area contributed by atoms with E-state index >= 15 is 0 Å². The highest BCUT2D eigenvalue weighted by molar-refractivity contribution is 8.07. The molecule has 56 heavy (non-hydrogen) atoms. The summed E-state index contributed by atoms with van der Waals surface area (Å²) in [5.74, 6) is -3.02. The lowest BCUT2D eigenvalue weighted by Crippen LogP contribution is -2.66. The first-order valence-corrected chi connectivity index (χ1v) is 20.8. The molecule has 1 aliphatic carbocycles. The number of carbonyl (C=O) groups is 5. The van der Waals surface area contributed by atoms with Crippen LogP contribution in [0.3, 0.4) is 0 Å². The average molecular weight is 851 g/mol. The zero-order chi connectivity index (χ0) is 41.4. The predicted molar refractivity (Wildman–Crippen MR) is 203 cm³/mol. The van der Waals surface area contributed by atoms with Gasteiger partial charge in [0.25, 0.3) is 0 Å². The highest BCUT2D eigenvalue weighted by Gasteiger charge is 2.51. The molecule has 0 radical (unpaired) electrons. The fraction of sp³-hybridized carbons (Fsp3) is 0.657. The van der Waals surface area contributed by atoms with Crippen LogP contribution in [0.1, 0.15) is 58.9 Å². The summed E-state index contributed by atoms with van der Waals surface area (Å²) in [5, 5.41) is 5.94. The van der Waals surface area contributed by atoms with Crippen molar-refractivity contribution in [2.24, 2.45) is 5.92 Å². The van der Waals surface area contributed by atoms with Crippen LogP contribution in [0.5, 0.6) is 0 Å². The molecule has 10 atom stereocenters. The summed E-state index contributed by atoms with van der Waals surface area (Å²) in [6.07, 6.45) is -5.33. The molecule has 1 saturated carbocycles. The number of carbonyl (C=O) groups excluding carboxylic acids is 5. The zero-order valence-electron chi connectivity index (χ0n) is 32.1. The minimum atomic E-state index is -3.65. The number of esters is 3. The molecule has 1 aromatic rings. The molecule has 0 bridgehead atoms. The van der Waals surface area contributed by atoms with Crippen LogP contribution < -0.4 is 10.6 Å². The van der Waals surface area contributed by atoms with Crippen LogP contribution in [0.4, 0.5) is 4.79 Å². The van der Waals surface area contributed by atoms with Crippen LogP contribution in [0, 0.1) is 5.92 Å². The van der Waals surface area contributed by atoms with Gasteiger partial charge in [-0.05, 0) is 43.1 Å². The van der Waals surface area contributed by atoms with E-state index in [0.717, 1.165) is 19.4 Å². The maximum Gasteiger partial charge on any atom is 0.508 e. The van der Waals surface area contributed by atoms with Gasteiger partial charge in [-0.25, -0.2) is 4.79 Å². The standard InChI is InChI=1S/C35H51N2O16PS2/c1-20(38)36-29-33(51-23(4)41)32(50-22(3)40)27(19-47-21(2)39)52-34(29)46-15-11-10-14-28(55)37-26-16-25(30(31(26)44-5)53-54(43,56)45-6)18-49-35(42)48-17-24-12-8-7-9-13-24/h7-9,12-13,25-27,29-34H,10-11,14-19H2,1-6H3,(H,36,38)(H,37,55)(H,43,56)/t25-,26-,27-,29-,30?,31-,32+,33-,34-,54?/m1/s1. The molecule has 18 nitrogen and oxygen atoms in total. The maximum absolute atomic E-state index is 12.4. The number of rotatable bonds is 20. The van der Waals surface area contributed by atoms with Gasteiger partial charge in [-0.15, -0.1) is 0 Å². The second kappa shape index (κ2) is 23.2. The van der Waals surface area contributed by atoms with Gasteiger partial charge < -0.3 is 62.5 Å². The van der Waals surface area contributed by atoms with Gasteiger partial charge in [0.05, 0.1) is 11.0 Å². The number of hydrogen-bond acceptors (Lipinski definition) is 17. The Hall–Kier alpha value is -3.33.